The lowest BCUT2D eigenvalue weighted by Gasteiger charge is -2.21. The molecular formula is C10H13Cl2N3O. The molecular weight excluding hydrogens is 249 g/mol. The third-order valence-corrected chi connectivity index (χ3v) is 3.17. The molecule has 0 radical (unpaired) electrons. The van der Waals surface area contributed by atoms with Crippen LogP contribution in [-0.4, -0.2) is 21.8 Å². The number of hydrogen-bond donors (Lipinski definition) is 0. The van der Waals surface area contributed by atoms with Crippen LogP contribution in [0.5, 0.6) is 5.88 Å². The second-order valence-corrected chi connectivity index (χ2v) is 4.69. The van der Waals surface area contributed by atoms with E-state index in [-0.39, 0.29) is 16.3 Å². The second kappa shape index (κ2) is 5.64. The minimum atomic E-state index is 0.0584. The van der Waals surface area contributed by atoms with Crippen LogP contribution < -0.4 is 4.74 Å². The van der Waals surface area contributed by atoms with Crippen molar-refractivity contribution < 1.29 is 4.74 Å². The Labute approximate surface area is 104 Å². The molecule has 0 aromatic carbocycles. The van der Waals surface area contributed by atoms with Crippen molar-refractivity contribution in [3.63, 3.8) is 0 Å². The van der Waals surface area contributed by atoms with E-state index in [0.29, 0.717) is 12.5 Å². The van der Waals surface area contributed by atoms with Crippen molar-refractivity contribution in [2.45, 2.75) is 32.1 Å². The average Bonchev–Trinajstić information content (AvgIpc) is 2.32. The van der Waals surface area contributed by atoms with Crippen LogP contribution in [0.2, 0.25) is 10.4 Å². The van der Waals surface area contributed by atoms with E-state index in [9.17, 15) is 0 Å². The summed E-state index contributed by atoms with van der Waals surface area (Å²) in [5.74, 6) is 0.880. The van der Waals surface area contributed by atoms with Crippen molar-refractivity contribution in [2.24, 2.45) is 5.92 Å². The maximum absolute atomic E-state index is 5.79. The van der Waals surface area contributed by atoms with E-state index < -0.39 is 0 Å². The summed E-state index contributed by atoms with van der Waals surface area (Å²) in [6.45, 7) is 0.634. The number of aromatic nitrogens is 3. The summed E-state index contributed by atoms with van der Waals surface area (Å²) in [5, 5.41) is 7.39. The van der Waals surface area contributed by atoms with Crippen LogP contribution in [0.25, 0.3) is 0 Å². The molecule has 6 heteroatoms. The third-order valence-electron chi connectivity index (χ3n) is 2.77. The quantitative estimate of drug-likeness (QED) is 0.839. The molecule has 0 spiro atoms. The standard InChI is InChI=1S/C10H13Cl2N3O/c11-8-9(13-10(12)15-14-8)16-6-7-4-2-1-3-5-7/h7H,1-6H2. The highest BCUT2D eigenvalue weighted by Crippen LogP contribution is 2.26. The van der Waals surface area contributed by atoms with Gasteiger partial charge in [0.15, 0.2) is 0 Å². The van der Waals surface area contributed by atoms with E-state index in [0.717, 1.165) is 0 Å². The number of rotatable bonds is 3. The monoisotopic (exact) mass is 261 g/mol. The summed E-state index contributed by atoms with van der Waals surface area (Å²) in [4.78, 5) is 3.89. The normalized spacial score (nSPS) is 17.4. The Hall–Kier alpha value is -0.610. The van der Waals surface area contributed by atoms with Gasteiger partial charge < -0.3 is 4.74 Å². The van der Waals surface area contributed by atoms with Gasteiger partial charge in [-0.05, 0) is 30.4 Å². The summed E-state index contributed by atoms with van der Waals surface area (Å²) in [5.41, 5.74) is 0. The first-order valence-corrected chi connectivity index (χ1v) is 6.20. The van der Waals surface area contributed by atoms with Gasteiger partial charge in [0.25, 0.3) is 5.88 Å². The van der Waals surface area contributed by atoms with Crippen molar-refractivity contribution >= 4 is 23.2 Å². The van der Waals surface area contributed by atoms with E-state index in [1.165, 1.54) is 32.1 Å². The highest BCUT2D eigenvalue weighted by molar-refractivity contribution is 6.31. The van der Waals surface area contributed by atoms with Gasteiger partial charge in [0.1, 0.15) is 0 Å². The van der Waals surface area contributed by atoms with E-state index >= 15 is 0 Å². The van der Waals surface area contributed by atoms with Crippen molar-refractivity contribution in [1.82, 2.24) is 15.2 Å². The molecule has 1 saturated carbocycles. The molecule has 0 N–H and O–H groups in total. The molecule has 1 aromatic rings. The summed E-state index contributed by atoms with van der Waals surface area (Å²) in [6, 6.07) is 0. The van der Waals surface area contributed by atoms with Crippen LogP contribution in [0.3, 0.4) is 0 Å². The van der Waals surface area contributed by atoms with Gasteiger partial charge in [0.2, 0.25) is 10.4 Å². The third kappa shape index (κ3) is 3.19. The van der Waals surface area contributed by atoms with Crippen LogP contribution in [0.1, 0.15) is 32.1 Å². The Bertz CT molecular complexity index is 356. The molecule has 1 aliphatic carbocycles. The predicted octanol–water partition coefficient (Wildman–Crippen LogP) is 3.14. The fourth-order valence-corrected chi connectivity index (χ4v) is 2.17. The zero-order valence-electron chi connectivity index (χ0n) is 8.83. The minimum Gasteiger partial charge on any atom is -0.475 e. The number of hydrogen-bond acceptors (Lipinski definition) is 4. The Morgan fingerprint density at radius 2 is 1.88 bits per heavy atom. The molecule has 88 valence electrons. The van der Waals surface area contributed by atoms with Crippen molar-refractivity contribution in [3.05, 3.63) is 10.4 Å². The number of halogens is 2. The Kier molecular flexibility index (Phi) is 4.18. The van der Waals surface area contributed by atoms with E-state index in [2.05, 4.69) is 15.2 Å². The molecule has 0 saturated heterocycles. The molecule has 0 unspecified atom stereocenters. The predicted molar refractivity (Wildman–Crippen MR) is 61.9 cm³/mol. The van der Waals surface area contributed by atoms with E-state index in [1.54, 1.807) is 0 Å². The van der Waals surface area contributed by atoms with Gasteiger partial charge in [0.05, 0.1) is 6.61 Å². The topological polar surface area (TPSA) is 47.9 Å². The number of nitrogens with zero attached hydrogens (tertiary/aromatic N) is 3. The Balaban J connectivity index is 1.90. The molecule has 1 aliphatic rings. The first-order valence-electron chi connectivity index (χ1n) is 5.44. The van der Waals surface area contributed by atoms with Gasteiger partial charge in [-0.2, -0.15) is 4.98 Å². The second-order valence-electron chi connectivity index (χ2n) is 3.99. The van der Waals surface area contributed by atoms with Gasteiger partial charge in [-0.3, -0.25) is 0 Å². The van der Waals surface area contributed by atoms with Gasteiger partial charge in [-0.25, -0.2) is 0 Å². The molecule has 2 rings (SSSR count). The zero-order chi connectivity index (χ0) is 11.4. The largest absolute Gasteiger partial charge is 0.475 e. The molecule has 1 fully saturated rings. The SMILES string of the molecule is Clc1nnc(Cl)c(OCC2CCCCC2)n1. The highest BCUT2D eigenvalue weighted by atomic mass is 35.5. The highest BCUT2D eigenvalue weighted by Gasteiger charge is 2.15. The van der Waals surface area contributed by atoms with Crippen LogP contribution in [0.4, 0.5) is 0 Å². The average molecular weight is 262 g/mol. The summed E-state index contributed by atoms with van der Waals surface area (Å²) < 4.78 is 5.53. The Morgan fingerprint density at radius 3 is 2.62 bits per heavy atom. The van der Waals surface area contributed by atoms with Crippen molar-refractivity contribution in [2.75, 3.05) is 6.61 Å². The van der Waals surface area contributed by atoms with Gasteiger partial charge in [-0.15, -0.1) is 10.2 Å². The first-order chi connectivity index (χ1) is 7.75. The van der Waals surface area contributed by atoms with Crippen LogP contribution in [0, 0.1) is 5.92 Å². The van der Waals surface area contributed by atoms with Gasteiger partial charge in [0, 0.05) is 0 Å². The fourth-order valence-electron chi connectivity index (χ4n) is 1.92. The van der Waals surface area contributed by atoms with Crippen molar-refractivity contribution in [3.8, 4) is 5.88 Å². The molecule has 4 nitrogen and oxygen atoms in total. The summed E-state index contributed by atoms with van der Waals surface area (Å²) in [7, 11) is 0. The molecule has 0 bridgehead atoms. The maximum atomic E-state index is 5.79. The smallest absolute Gasteiger partial charge is 0.256 e. The van der Waals surface area contributed by atoms with E-state index in [1.807, 2.05) is 0 Å². The zero-order valence-corrected chi connectivity index (χ0v) is 10.3. The Morgan fingerprint density at radius 1 is 1.12 bits per heavy atom. The molecule has 1 aromatic heterocycles. The van der Waals surface area contributed by atoms with Gasteiger partial charge >= 0.3 is 0 Å². The molecule has 0 atom stereocenters. The number of ether oxygens (including phenoxy) is 1. The molecule has 0 amide bonds. The van der Waals surface area contributed by atoms with Crippen LogP contribution in [0.15, 0.2) is 0 Å². The lowest BCUT2D eigenvalue weighted by Crippen LogP contribution is -2.16. The van der Waals surface area contributed by atoms with Crippen molar-refractivity contribution in [1.29, 1.82) is 0 Å². The molecule has 1 heterocycles. The van der Waals surface area contributed by atoms with Crippen LogP contribution >= 0.6 is 23.2 Å². The van der Waals surface area contributed by atoms with Crippen LogP contribution in [-0.2, 0) is 0 Å². The first kappa shape index (κ1) is 11.9. The lowest BCUT2D eigenvalue weighted by molar-refractivity contribution is 0.202. The van der Waals surface area contributed by atoms with Gasteiger partial charge in [-0.1, -0.05) is 30.9 Å². The summed E-state index contributed by atoms with van der Waals surface area (Å²) in [6.07, 6.45) is 6.32. The molecule has 16 heavy (non-hydrogen) atoms. The fraction of sp³-hybridized carbons (Fsp3) is 0.700. The van der Waals surface area contributed by atoms with E-state index in [4.69, 9.17) is 27.9 Å². The molecule has 0 aliphatic heterocycles. The lowest BCUT2D eigenvalue weighted by atomic mass is 9.90. The summed E-state index contributed by atoms with van der Waals surface area (Å²) >= 11 is 11.4. The minimum absolute atomic E-state index is 0.0584. The maximum Gasteiger partial charge on any atom is 0.256 e.